The van der Waals surface area contributed by atoms with Crippen molar-refractivity contribution in [1.82, 2.24) is 5.32 Å². The highest BCUT2D eigenvalue weighted by molar-refractivity contribution is 7.98. The summed E-state index contributed by atoms with van der Waals surface area (Å²) < 4.78 is 4.75. The zero-order chi connectivity index (χ0) is 13.5. The molecular formula is C13H17NO3S. The van der Waals surface area contributed by atoms with Gasteiger partial charge in [0.1, 0.15) is 6.54 Å². The minimum absolute atomic E-state index is 0.102. The zero-order valence-electron chi connectivity index (χ0n) is 10.8. The molecule has 0 atom stereocenters. The van der Waals surface area contributed by atoms with Gasteiger partial charge in [-0.25, -0.2) is 0 Å². The van der Waals surface area contributed by atoms with E-state index in [0.717, 1.165) is 10.5 Å². The average molecular weight is 267 g/mol. The Morgan fingerprint density at radius 2 is 2.11 bits per heavy atom. The van der Waals surface area contributed by atoms with E-state index in [9.17, 15) is 9.59 Å². The molecule has 1 rings (SSSR count). The molecule has 0 spiro atoms. The van der Waals surface area contributed by atoms with Crippen molar-refractivity contribution in [3.63, 3.8) is 0 Å². The Hall–Kier alpha value is -1.49. The summed E-state index contributed by atoms with van der Waals surface area (Å²) in [7, 11) is 0. The first-order valence-corrected chi connectivity index (χ1v) is 6.89. The molecule has 0 bridgehead atoms. The van der Waals surface area contributed by atoms with E-state index in [1.807, 2.05) is 31.4 Å². The van der Waals surface area contributed by atoms with Crippen LogP contribution in [0.4, 0.5) is 0 Å². The molecule has 1 aromatic carbocycles. The van der Waals surface area contributed by atoms with Gasteiger partial charge in [0.05, 0.1) is 6.61 Å². The summed E-state index contributed by atoms with van der Waals surface area (Å²) in [4.78, 5) is 24.1. The highest BCUT2D eigenvalue weighted by Crippen LogP contribution is 2.18. The quantitative estimate of drug-likeness (QED) is 0.655. The molecule has 1 N–H and O–H groups in total. The molecule has 0 radical (unpaired) electrons. The van der Waals surface area contributed by atoms with Crippen LogP contribution in [0.15, 0.2) is 23.1 Å². The molecule has 0 aliphatic rings. The summed E-state index contributed by atoms with van der Waals surface area (Å²) in [6.07, 6.45) is 1.95. The van der Waals surface area contributed by atoms with Gasteiger partial charge < -0.3 is 10.1 Å². The van der Waals surface area contributed by atoms with Gasteiger partial charge in [0.25, 0.3) is 5.91 Å². The van der Waals surface area contributed by atoms with Gasteiger partial charge in [0, 0.05) is 10.5 Å². The van der Waals surface area contributed by atoms with Crippen LogP contribution < -0.4 is 5.32 Å². The first-order chi connectivity index (χ1) is 8.58. The maximum absolute atomic E-state index is 11.9. The van der Waals surface area contributed by atoms with Crippen LogP contribution in [0.2, 0.25) is 0 Å². The smallest absolute Gasteiger partial charge is 0.325 e. The van der Waals surface area contributed by atoms with Gasteiger partial charge in [-0.15, -0.1) is 11.8 Å². The van der Waals surface area contributed by atoms with Gasteiger partial charge in [-0.3, -0.25) is 9.59 Å². The molecule has 18 heavy (non-hydrogen) atoms. The monoisotopic (exact) mass is 267 g/mol. The number of hydrogen-bond donors (Lipinski definition) is 1. The normalized spacial score (nSPS) is 9.94. The van der Waals surface area contributed by atoms with E-state index in [0.29, 0.717) is 12.2 Å². The van der Waals surface area contributed by atoms with Crippen LogP contribution in [0.3, 0.4) is 0 Å². The second-order valence-electron chi connectivity index (χ2n) is 3.67. The lowest BCUT2D eigenvalue weighted by Gasteiger charge is -2.08. The largest absolute Gasteiger partial charge is 0.465 e. The maximum atomic E-state index is 11.9. The second kappa shape index (κ2) is 7.06. The molecule has 1 aromatic rings. The van der Waals surface area contributed by atoms with Crippen molar-refractivity contribution >= 4 is 23.6 Å². The Morgan fingerprint density at radius 3 is 2.72 bits per heavy atom. The van der Waals surface area contributed by atoms with E-state index in [2.05, 4.69) is 5.32 Å². The Morgan fingerprint density at radius 1 is 1.39 bits per heavy atom. The van der Waals surface area contributed by atoms with Crippen LogP contribution in [0, 0.1) is 6.92 Å². The predicted octanol–water partition coefficient (Wildman–Crippen LogP) is 2.01. The summed E-state index contributed by atoms with van der Waals surface area (Å²) in [6, 6.07) is 5.67. The van der Waals surface area contributed by atoms with Gasteiger partial charge >= 0.3 is 5.97 Å². The number of carbonyl (C=O) groups excluding carboxylic acids is 2. The Labute approximate surface area is 111 Å². The van der Waals surface area contributed by atoms with E-state index >= 15 is 0 Å². The molecule has 1 amide bonds. The molecule has 0 aliphatic heterocycles. The van der Waals surface area contributed by atoms with Crippen LogP contribution in [0.25, 0.3) is 0 Å². The van der Waals surface area contributed by atoms with Gasteiger partial charge in [0.2, 0.25) is 0 Å². The summed E-state index contributed by atoms with van der Waals surface area (Å²) in [5.41, 5.74) is 1.47. The fraction of sp³-hybridized carbons (Fsp3) is 0.385. The Kier molecular flexibility index (Phi) is 5.71. The fourth-order valence-electron chi connectivity index (χ4n) is 1.43. The molecule has 5 heteroatoms. The topological polar surface area (TPSA) is 55.4 Å². The van der Waals surface area contributed by atoms with Crippen molar-refractivity contribution in [3.05, 3.63) is 29.3 Å². The summed E-state index contributed by atoms with van der Waals surface area (Å²) in [5.74, 6) is -0.680. The Balaban J connectivity index is 2.69. The SMILES string of the molecule is CCOC(=O)CNC(=O)c1cc(SC)ccc1C. The summed E-state index contributed by atoms with van der Waals surface area (Å²) in [6.45, 7) is 3.81. The predicted molar refractivity (Wildman–Crippen MR) is 71.9 cm³/mol. The highest BCUT2D eigenvalue weighted by Gasteiger charge is 2.11. The lowest BCUT2D eigenvalue weighted by atomic mass is 10.1. The van der Waals surface area contributed by atoms with Crippen molar-refractivity contribution in [2.45, 2.75) is 18.7 Å². The third-order valence-electron chi connectivity index (χ3n) is 2.39. The first kappa shape index (κ1) is 14.6. The van der Waals surface area contributed by atoms with Crippen LogP contribution >= 0.6 is 11.8 Å². The lowest BCUT2D eigenvalue weighted by Crippen LogP contribution is -2.31. The third-order valence-corrected chi connectivity index (χ3v) is 3.11. The third kappa shape index (κ3) is 4.07. The summed E-state index contributed by atoms with van der Waals surface area (Å²) in [5, 5.41) is 2.55. The molecule has 98 valence electrons. The van der Waals surface area contributed by atoms with Crippen LogP contribution in [0.5, 0.6) is 0 Å². The molecule has 0 heterocycles. The molecular weight excluding hydrogens is 250 g/mol. The number of benzene rings is 1. The van der Waals surface area contributed by atoms with Gasteiger partial charge in [-0.05, 0) is 37.8 Å². The van der Waals surface area contributed by atoms with E-state index in [1.165, 1.54) is 0 Å². The van der Waals surface area contributed by atoms with E-state index in [4.69, 9.17) is 4.74 Å². The number of nitrogens with one attached hydrogen (secondary N) is 1. The van der Waals surface area contributed by atoms with E-state index in [1.54, 1.807) is 18.7 Å². The van der Waals surface area contributed by atoms with Gasteiger partial charge in [-0.2, -0.15) is 0 Å². The highest BCUT2D eigenvalue weighted by atomic mass is 32.2. The first-order valence-electron chi connectivity index (χ1n) is 5.67. The number of esters is 1. The average Bonchev–Trinajstić information content (AvgIpc) is 2.37. The minimum Gasteiger partial charge on any atom is -0.465 e. The number of amides is 1. The Bertz CT molecular complexity index is 446. The van der Waals surface area contributed by atoms with Crippen LogP contribution in [-0.4, -0.2) is 31.3 Å². The standard InChI is InChI=1S/C13H17NO3S/c1-4-17-12(15)8-14-13(16)11-7-10(18-3)6-5-9(11)2/h5-7H,4,8H2,1-3H3,(H,14,16). The molecule has 0 fully saturated rings. The molecule has 0 saturated heterocycles. The van der Waals surface area contributed by atoms with Crippen molar-refractivity contribution in [1.29, 1.82) is 0 Å². The minimum atomic E-state index is -0.426. The number of aryl methyl sites for hydroxylation is 1. The van der Waals surface area contributed by atoms with Gasteiger partial charge in [0.15, 0.2) is 0 Å². The lowest BCUT2D eigenvalue weighted by molar-refractivity contribution is -0.141. The zero-order valence-corrected chi connectivity index (χ0v) is 11.6. The maximum Gasteiger partial charge on any atom is 0.325 e. The number of rotatable bonds is 5. The molecule has 4 nitrogen and oxygen atoms in total. The molecule has 0 aliphatic carbocycles. The van der Waals surface area contributed by atoms with E-state index < -0.39 is 5.97 Å². The van der Waals surface area contributed by atoms with Crippen molar-refractivity contribution in [2.75, 3.05) is 19.4 Å². The molecule has 0 unspecified atom stereocenters. The molecule has 0 aromatic heterocycles. The number of thioether (sulfide) groups is 1. The van der Waals surface area contributed by atoms with Crippen molar-refractivity contribution < 1.29 is 14.3 Å². The molecule has 0 saturated carbocycles. The number of ether oxygens (including phenoxy) is 1. The number of hydrogen-bond acceptors (Lipinski definition) is 4. The fourth-order valence-corrected chi connectivity index (χ4v) is 1.87. The number of carbonyl (C=O) groups is 2. The van der Waals surface area contributed by atoms with E-state index in [-0.39, 0.29) is 12.5 Å². The van der Waals surface area contributed by atoms with Crippen LogP contribution in [-0.2, 0) is 9.53 Å². The van der Waals surface area contributed by atoms with Crippen molar-refractivity contribution in [3.8, 4) is 0 Å². The van der Waals surface area contributed by atoms with Gasteiger partial charge in [-0.1, -0.05) is 6.07 Å². The summed E-state index contributed by atoms with van der Waals surface area (Å²) >= 11 is 1.57. The van der Waals surface area contributed by atoms with Crippen LogP contribution in [0.1, 0.15) is 22.8 Å². The van der Waals surface area contributed by atoms with Crippen molar-refractivity contribution in [2.24, 2.45) is 0 Å². The second-order valence-corrected chi connectivity index (χ2v) is 4.55.